The zero-order chi connectivity index (χ0) is 18.9. The molecule has 2 aliphatic heterocycles. The summed E-state index contributed by atoms with van der Waals surface area (Å²) in [6, 6.07) is 7.73. The van der Waals surface area contributed by atoms with Gasteiger partial charge in [0, 0.05) is 30.6 Å². The Morgan fingerprint density at radius 2 is 2.04 bits per heavy atom. The minimum Gasteiger partial charge on any atom is -0.490 e. The largest absolute Gasteiger partial charge is 0.490 e. The molecule has 3 aliphatic rings. The first-order chi connectivity index (χ1) is 12.9. The Morgan fingerprint density at radius 3 is 2.74 bits per heavy atom. The topological polar surface area (TPSA) is 75.7 Å². The van der Waals surface area contributed by atoms with Crippen LogP contribution in [-0.4, -0.2) is 50.0 Å². The van der Waals surface area contributed by atoms with Crippen molar-refractivity contribution in [3.8, 4) is 5.75 Å². The highest BCUT2D eigenvalue weighted by Crippen LogP contribution is 2.40. The van der Waals surface area contributed by atoms with Gasteiger partial charge in [0.1, 0.15) is 5.75 Å². The van der Waals surface area contributed by atoms with Gasteiger partial charge in [0.05, 0.1) is 17.6 Å². The predicted molar refractivity (Wildman–Crippen MR) is 103 cm³/mol. The quantitative estimate of drug-likeness (QED) is 0.855. The first kappa shape index (κ1) is 18.6. The number of urea groups is 1. The fraction of sp³-hybridized carbons (Fsp3) is 0.650. The highest BCUT2D eigenvalue weighted by molar-refractivity contribution is 7.91. The van der Waals surface area contributed by atoms with Crippen LogP contribution < -0.4 is 10.1 Å². The van der Waals surface area contributed by atoms with Gasteiger partial charge < -0.3 is 15.0 Å². The number of sulfone groups is 1. The van der Waals surface area contributed by atoms with Gasteiger partial charge in [0.25, 0.3) is 0 Å². The molecule has 1 N–H and O–H groups in total. The molecule has 0 radical (unpaired) electrons. The second-order valence-electron chi connectivity index (χ2n) is 8.30. The number of nitrogens with zero attached hydrogens (tertiary/aromatic N) is 1. The summed E-state index contributed by atoms with van der Waals surface area (Å²) in [4.78, 5) is 14.5. The summed E-state index contributed by atoms with van der Waals surface area (Å²) in [5, 5.41) is 3.00. The fourth-order valence-corrected chi connectivity index (χ4v) is 6.60. The smallest absolute Gasteiger partial charge is 0.317 e. The normalized spacial score (nSPS) is 27.3. The number of hydrogen-bond donors (Lipinski definition) is 1. The number of ether oxygens (including phenoxy) is 1. The molecule has 1 atom stereocenters. The molecule has 27 heavy (non-hydrogen) atoms. The van der Waals surface area contributed by atoms with Gasteiger partial charge >= 0.3 is 6.03 Å². The average Bonchev–Trinajstić information content (AvgIpc) is 2.91. The number of para-hydroxylation sites is 1. The van der Waals surface area contributed by atoms with E-state index in [-0.39, 0.29) is 23.0 Å². The first-order valence-corrected chi connectivity index (χ1v) is 11.7. The van der Waals surface area contributed by atoms with Crippen LogP contribution >= 0.6 is 0 Å². The maximum Gasteiger partial charge on any atom is 0.317 e. The van der Waals surface area contributed by atoms with Crippen LogP contribution in [0.1, 0.15) is 44.1 Å². The van der Waals surface area contributed by atoms with Gasteiger partial charge in [0.2, 0.25) is 0 Å². The van der Waals surface area contributed by atoms with Crippen LogP contribution in [0.25, 0.3) is 0 Å². The maximum atomic E-state index is 12.7. The van der Waals surface area contributed by atoms with E-state index in [2.05, 4.69) is 5.32 Å². The van der Waals surface area contributed by atoms with Gasteiger partial charge in [-0.3, -0.25) is 0 Å². The van der Waals surface area contributed by atoms with Crippen molar-refractivity contribution in [2.75, 3.05) is 24.6 Å². The van der Waals surface area contributed by atoms with E-state index in [1.165, 1.54) is 6.42 Å². The van der Waals surface area contributed by atoms with Crippen molar-refractivity contribution < 1.29 is 17.9 Å². The van der Waals surface area contributed by atoms with E-state index in [1.54, 1.807) is 4.90 Å². The van der Waals surface area contributed by atoms with E-state index in [0.29, 0.717) is 32.2 Å². The van der Waals surface area contributed by atoms with E-state index in [1.807, 2.05) is 24.3 Å². The van der Waals surface area contributed by atoms with Crippen molar-refractivity contribution in [2.24, 2.45) is 5.41 Å². The minimum absolute atomic E-state index is 0.114. The third kappa shape index (κ3) is 4.23. The summed E-state index contributed by atoms with van der Waals surface area (Å²) < 4.78 is 29.9. The Balaban J connectivity index is 1.36. The number of hydrogen-bond acceptors (Lipinski definition) is 4. The second-order valence-corrected chi connectivity index (χ2v) is 10.5. The van der Waals surface area contributed by atoms with Crippen molar-refractivity contribution in [3.05, 3.63) is 29.8 Å². The molecular formula is C20H28N2O4S. The zero-order valence-corrected chi connectivity index (χ0v) is 16.5. The Kier molecular flexibility index (Phi) is 5.05. The van der Waals surface area contributed by atoms with Crippen LogP contribution in [-0.2, 0) is 16.4 Å². The van der Waals surface area contributed by atoms with Gasteiger partial charge in [-0.25, -0.2) is 13.2 Å². The number of carbonyl (C=O) groups excluding carboxylic acids is 1. The first-order valence-electron chi connectivity index (χ1n) is 9.93. The van der Waals surface area contributed by atoms with Crippen LogP contribution in [0.5, 0.6) is 5.75 Å². The third-order valence-electron chi connectivity index (χ3n) is 6.17. The lowest BCUT2D eigenvalue weighted by molar-refractivity contribution is 0.117. The molecule has 3 fully saturated rings. The Bertz CT molecular complexity index is 806. The molecule has 7 heteroatoms. The van der Waals surface area contributed by atoms with E-state index in [0.717, 1.165) is 37.0 Å². The van der Waals surface area contributed by atoms with Crippen molar-refractivity contribution in [2.45, 2.75) is 51.2 Å². The molecule has 1 aromatic rings. The van der Waals surface area contributed by atoms with Crippen LogP contribution in [0, 0.1) is 5.41 Å². The van der Waals surface area contributed by atoms with Crippen LogP contribution in [0.15, 0.2) is 24.3 Å². The maximum absolute atomic E-state index is 12.7. The molecule has 1 saturated carbocycles. The number of benzene rings is 1. The summed E-state index contributed by atoms with van der Waals surface area (Å²) in [6.07, 6.45) is 6.15. The van der Waals surface area contributed by atoms with E-state index < -0.39 is 9.84 Å². The molecule has 6 nitrogen and oxygen atoms in total. The second kappa shape index (κ2) is 7.34. The van der Waals surface area contributed by atoms with Crippen molar-refractivity contribution in [3.63, 3.8) is 0 Å². The zero-order valence-electron chi connectivity index (χ0n) is 15.7. The van der Waals surface area contributed by atoms with Crippen LogP contribution in [0.2, 0.25) is 0 Å². The summed E-state index contributed by atoms with van der Waals surface area (Å²) in [6.45, 7) is 1.65. The van der Waals surface area contributed by atoms with Crippen molar-refractivity contribution >= 4 is 15.9 Å². The number of rotatable bonds is 4. The number of carbonyl (C=O) groups is 1. The molecule has 4 rings (SSSR count). The minimum atomic E-state index is -2.95. The van der Waals surface area contributed by atoms with E-state index in [4.69, 9.17) is 4.74 Å². The molecule has 2 amide bonds. The lowest BCUT2D eigenvalue weighted by Crippen LogP contribution is -2.50. The van der Waals surface area contributed by atoms with Gasteiger partial charge in [0.15, 0.2) is 9.84 Å². The van der Waals surface area contributed by atoms with Crippen LogP contribution in [0.4, 0.5) is 4.79 Å². The Hall–Kier alpha value is -1.76. The fourth-order valence-electron chi connectivity index (χ4n) is 4.40. The summed E-state index contributed by atoms with van der Waals surface area (Å²) >= 11 is 0. The van der Waals surface area contributed by atoms with Gasteiger partial charge in [-0.1, -0.05) is 18.2 Å². The predicted octanol–water partition coefficient (Wildman–Crippen LogP) is 2.73. The van der Waals surface area contributed by atoms with Gasteiger partial charge in [-0.2, -0.15) is 0 Å². The molecule has 148 valence electrons. The number of likely N-dealkylation sites (tertiary alicyclic amines) is 1. The third-order valence-corrected chi connectivity index (χ3v) is 8.04. The highest BCUT2D eigenvalue weighted by Gasteiger charge is 2.45. The average molecular weight is 393 g/mol. The molecule has 1 aliphatic carbocycles. The molecule has 1 aromatic carbocycles. The van der Waals surface area contributed by atoms with Gasteiger partial charge in [-0.05, 0) is 44.6 Å². The summed E-state index contributed by atoms with van der Waals surface area (Å²) in [5.41, 5.74) is 0.743. The Morgan fingerprint density at radius 1 is 1.22 bits per heavy atom. The molecule has 0 aromatic heterocycles. The lowest BCUT2D eigenvalue weighted by atomic mass is 9.80. The number of nitrogens with one attached hydrogen (secondary N) is 1. The molecule has 0 bridgehead atoms. The SMILES string of the molecule is O=C(NCc1ccccc1OC1CCC1)N1CCCC2(CCS(=O)(=O)C2)C1. The Labute approximate surface area is 161 Å². The van der Waals surface area contributed by atoms with E-state index in [9.17, 15) is 13.2 Å². The molecule has 1 unspecified atom stereocenters. The molecule has 2 heterocycles. The van der Waals surface area contributed by atoms with Crippen LogP contribution in [0.3, 0.4) is 0 Å². The summed E-state index contributed by atoms with van der Waals surface area (Å²) in [5.74, 6) is 1.33. The van der Waals surface area contributed by atoms with Gasteiger partial charge in [-0.15, -0.1) is 0 Å². The van der Waals surface area contributed by atoms with Crippen molar-refractivity contribution in [1.29, 1.82) is 0 Å². The van der Waals surface area contributed by atoms with E-state index >= 15 is 0 Å². The number of piperidine rings is 1. The highest BCUT2D eigenvalue weighted by atomic mass is 32.2. The standard InChI is InChI=1S/C20H28N2O4S/c23-19(22-11-4-9-20(14-22)10-12-27(24,25)15-20)21-13-16-5-1-2-8-18(16)26-17-6-3-7-17/h1-2,5,8,17H,3-4,6-7,9-15H2,(H,21,23). The van der Waals surface area contributed by atoms with Crippen molar-refractivity contribution in [1.82, 2.24) is 10.2 Å². The molecule has 2 saturated heterocycles. The number of amides is 2. The summed E-state index contributed by atoms with van der Waals surface area (Å²) in [7, 11) is -2.95. The monoisotopic (exact) mass is 392 g/mol. The lowest BCUT2D eigenvalue weighted by Gasteiger charge is -2.39. The molecule has 1 spiro atoms. The molecular weight excluding hydrogens is 364 g/mol.